The van der Waals surface area contributed by atoms with Crippen molar-refractivity contribution in [3.63, 3.8) is 0 Å². The minimum Gasteiger partial charge on any atom is -0.321 e. The summed E-state index contributed by atoms with van der Waals surface area (Å²) in [6.45, 7) is 2.90. The topological polar surface area (TPSA) is 32.3 Å². The van der Waals surface area contributed by atoms with Gasteiger partial charge >= 0.3 is 0 Å². The normalized spacial score (nSPS) is 15.6. The monoisotopic (exact) mass is 342 g/mol. The van der Waals surface area contributed by atoms with Gasteiger partial charge in [-0.25, -0.2) is 0 Å². The second kappa shape index (κ2) is 7.95. The molecule has 1 saturated carbocycles. The first-order chi connectivity index (χ1) is 11.6. The van der Waals surface area contributed by atoms with Gasteiger partial charge in [0, 0.05) is 23.2 Å². The quantitative estimate of drug-likeness (QED) is 0.822. The zero-order chi connectivity index (χ0) is 16.9. The van der Waals surface area contributed by atoms with Crippen LogP contribution in [0.15, 0.2) is 36.4 Å². The highest BCUT2D eigenvalue weighted by atomic mass is 32.1. The number of aryl methyl sites for hydroxylation is 1. The predicted molar refractivity (Wildman–Crippen MR) is 102 cm³/mol. The molecular formula is C20H26N2OS. The highest BCUT2D eigenvalue weighted by Gasteiger charge is 2.19. The number of nitrogens with one attached hydrogen (secondary N) is 1. The molecule has 24 heavy (non-hydrogen) atoms. The molecule has 0 bridgehead atoms. The van der Waals surface area contributed by atoms with Crippen molar-refractivity contribution in [2.24, 2.45) is 0 Å². The van der Waals surface area contributed by atoms with Gasteiger partial charge in [-0.15, -0.1) is 11.3 Å². The van der Waals surface area contributed by atoms with Crippen LogP contribution in [-0.4, -0.2) is 23.9 Å². The minimum absolute atomic E-state index is 0.0131. The Morgan fingerprint density at radius 2 is 1.92 bits per heavy atom. The lowest BCUT2D eigenvalue weighted by Gasteiger charge is -2.31. The number of para-hydroxylation sites is 1. The van der Waals surface area contributed by atoms with E-state index >= 15 is 0 Å². The Labute approximate surface area is 148 Å². The first kappa shape index (κ1) is 17.2. The van der Waals surface area contributed by atoms with Gasteiger partial charge in [0.2, 0.25) is 0 Å². The first-order valence-corrected chi connectivity index (χ1v) is 9.61. The third-order valence-electron chi connectivity index (χ3n) is 4.85. The molecule has 0 spiro atoms. The molecule has 2 aromatic rings. The molecule has 0 aliphatic heterocycles. The van der Waals surface area contributed by atoms with Gasteiger partial charge in [0.1, 0.15) is 0 Å². The first-order valence-electron chi connectivity index (χ1n) is 8.79. The maximum absolute atomic E-state index is 12.5. The van der Waals surface area contributed by atoms with E-state index in [1.165, 1.54) is 49.0 Å². The smallest absolute Gasteiger partial charge is 0.265 e. The molecule has 4 heteroatoms. The molecule has 1 aromatic heterocycles. The summed E-state index contributed by atoms with van der Waals surface area (Å²) in [6, 6.07) is 12.7. The lowest BCUT2D eigenvalue weighted by molar-refractivity contribution is 0.103. The average Bonchev–Trinajstić information content (AvgIpc) is 3.04. The molecule has 1 fully saturated rings. The number of carbonyl (C=O) groups excluding carboxylic acids is 1. The Balaban J connectivity index is 1.69. The van der Waals surface area contributed by atoms with Gasteiger partial charge in [0.25, 0.3) is 5.91 Å². The molecule has 1 heterocycles. The number of anilines is 1. The Morgan fingerprint density at radius 3 is 2.62 bits per heavy atom. The van der Waals surface area contributed by atoms with E-state index < -0.39 is 0 Å². The van der Waals surface area contributed by atoms with Crippen LogP contribution in [0.2, 0.25) is 0 Å². The Bertz CT molecular complexity index is 688. The molecule has 0 radical (unpaired) electrons. The van der Waals surface area contributed by atoms with Crippen molar-refractivity contribution in [3.05, 3.63) is 51.7 Å². The van der Waals surface area contributed by atoms with Crippen molar-refractivity contribution in [2.45, 2.75) is 51.6 Å². The van der Waals surface area contributed by atoms with E-state index in [9.17, 15) is 4.79 Å². The number of rotatable bonds is 5. The number of amides is 1. The van der Waals surface area contributed by atoms with Gasteiger partial charge in [-0.05, 0) is 50.6 Å². The SMILES string of the molecule is Cc1ccc(C(=O)Nc2ccccc2CN(C)C2CCCCC2)s1. The number of nitrogens with zero attached hydrogens (tertiary/aromatic N) is 1. The number of hydrogen-bond acceptors (Lipinski definition) is 3. The van der Waals surface area contributed by atoms with Crippen molar-refractivity contribution in [1.82, 2.24) is 4.90 Å². The Morgan fingerprint density at radius 1 is 1.17 bits per heavy atom. The van der Waals surface area contributed by atoms with Crippen LogP contribution in [0.3, 0.4) is 0 Å². The van der Waals surface area contributed by atoms with Gasteiger partial charge in [0.05, 0.1) is 4.88 Å². The summed E-state index contributed by atoms with van der Waals surface area (Å²) in [5.41, 5.74) is 2.11. The minimum atomic E-state index is -0.0131. The van der Waals surface area contributed by atoms with Crippen LogP contribution in [0.1, 0.15) is 52.2 Å². The second-order valence-corrected chi connectivity index (χ2v) is 8.02. The summed E-state index contributed by atoms with van der Waals surface area (Å²) < 4.78 is 0. The fourth-order valence-corrected chi connectivity index (χ4v) is 4.20. The number of thiophene rings is 1. The van der Waals surface area contributed by atoms with Crippen LogP contribution in [0.4, 0.5) is 5.69 Å². The molecule has 1 amide bonds. The maximum atomic E-state index is 12.5. The average molecular weight is 343 g/mol. The van der Waals surface area contributed by atoms with Gasteiger partial charge in [-0.3, -0.25) is 9.69 Å². The van der Waals surface area contributed by atoms with E-state index in [-0.39, 0.29) is 5.91 Å². The summed E-state index contributed by atoms with van der Waals surface area (Å²) in [5, 5.41) is 3.09. The molecule has 1 aromatic carbocycles. The number of benzene rings is 1. The van der Waals surface area contributed by atoms with E-state index in [1.807, 2.05) is 31.2 Å². The predicted octanol–water partition coefficient (Wildman–Crippen LogP) is 5.07. The molecule has 0 atom stereocenters. The fourth-order valence-electron chi connectivity index (χ4n) is 3.44. The molecule has 3 rings (SSSR count). The van der Waals surface area contributed by atoms with Crippen molar-refractivity contribution in [3.8, 4) is 0 Å². The lowest BCUT2D eigenvalue weighted by atomic mass is 9.94. The zero-order valence-corrected chi connectivity index (χ0v) is 15.4. The van der Waals surface area contributed by atoms with Crippen LogP contribution >= 0.6 is 11.3 Å². The summed E-state index contributed by atoms with van der Waals surface area (Å²) >= 11 is 1.54. The number of carbonyl (C=O) groups is 1. The van der Waals surface area contributed by atoms with Crippen LogP contribution < -0.4 is 5.32 Å². The molecular weight excluding hydrogens is 316 g/mol. The molecule has 0 unspecified atom stereocenters. The molecule has 0 saturated heterocycles. The molecule has 1 N–H and O–H groups in total. The van der Waals surface area contributed by atoms with E-state index in [2.05, 4.69) is 29.4 Å². The van der Waals surface area contributed by atoms with Crippen molar-refractivity contribution < 1.29 is 4.79 Å². The highest BCUT2D eigenvalue weighted by Crippen LogP contribution is 2.25. The van der Waals surface area contributed by atoms with Crippen LogP contribution in [0.5, 0.6) is 0 Å². The summed E-state index contributed by atoms with van der Waals surface area (Å²) in [5.74, 6) is -0.0131. The largest absolute Gasteiger partial charge is 0.321 e. The molecule has 1 aliphatic carbocycles. The van der Waals surface area contributed by atoms with Gasteiger partial charge in [-0.1, -0.05) is 37.5 Å². The van der Waals surface area contributed by atoms with Gasteiger partial charge in [0.15, 0.2) is 0 Å². The van der Waals surface area contributed by atoms with E-state index in [1.54, 1.807) is 0 Å². The molecule has 1 aliphatic rings. The van der Waals surface area contributed by atoms with E-state index in [4.69, 9.17) is 0 Å². The molecule has 3 nitrogen and oxygen atoms in total. The van der Waals surface area contributed by atoms with Crippen LogP contribution in [-0.2, 0) is 6.54 Å². The van der Waals surface area contributed by atoms with Crippen molar-refractivity contribution >= 4 is 22.9 Å². The van der Waals surface area contributed by atoms with Gasteiger partial charge < -0.3 is 5.32 Å². The second-order valence-electron chi connectivity index (χ2n) is 6.73. The van der Waals surface area contributed by atoms with Crippen LogP contribution in [0, 0.1) is 6.92 Å². The Hall–Kier alpha value is -1.65. The zero-order valence-electron chi connectivity index (χ0n) is 14.5. The third-order valence-corrected chi connectivity index (χ3v) is 5.85. The summed E-state index contributed by atoms with van der Waals surface area (Å²) in [6.07, 6.45) is 6.63. The fraction of sp³-hybridized carbons (Fsp3) is 0.450. The molecule has 128 valence electrons. The van der Waals surface area contributed by atoms with Crippen molar-refractivity contribution in [1.29, 1.82) is 0 Å². The standard InChI is InChI=1S/C20H26N2OS/c1-15-12-13-19(24-15)20(23)21-18-11-7-6-8-16(18)14-22(2)17-9-4-3-5-10-17/h6-8,11-13,17H,3-5,9-10,14H2,1-2H3,(H,21,23). The van der Waals surface area contributed by atoms with Crippen molar-refractivity contribution in [2.75, 3.05) is 12.4 Å². The summed E-state index contributed by atoms with van der Waals surface area (Å²) in [4.78, 5) is 16.8. The van der Waals surface area contributed by atoms with Gasteiger partial charge in [-0.2, -0.15) is 0 Å². The highest BCUT2D eigenvalue weighted by molar-refractivity contribution is 7.14. The number of hydrogen-bond donors (Lipinski definition) is 1. The van der Waals surface area contributed by atoms with E-state index in [0.29, 0.717) is 6.04 Å². The Kier molecular flexibility index (Phi) is 5.69. The van der Waals surface area contributed by atoms with Crippen LogP contribution in [0.25, 0.3) is 0 Å². The third kappa shape index (κ3) is 4.25. The lowest BCUT2D eigenvalue weighted by Crippen LogP contribution is -2.33. The van der Waals surface area contributed by atoms with E-state index in [0.717, 1.165) is 22.0 Å². The maximum Gasteiger partial charge on any atom is 0.265 e. The summed E-state index contributed by atoms with van der Waals surface area (Å²) in [7, 11) is 2.21.